The predicted octanol–water partition coefficient (Wildman–Crippen LogP) is 3.46. The van der Waals surface area contributed by atoms with Crippen molar-refractivity contribution in [1.29, 1.82) is 0 Å². The number of hydrogen-bond acceptors (Lipinski definition) is 1. The Morgan fingerprint density at radius 1 is 0.842 bits per heavy atom. The van der Waals surface area contributed by atoms with Crippen LogP contribution in [0.3, 0.4) is 0 Å². The van der Waals surface area contributed by atoms with Gasteiger partial charge in [0.25, 0.3) is 0 Å². The molecule has 98 valence electrons. The molecule has 0 atom stereocenters. The minimum atomic E-state index is 0.771. The second-order valence-corrected chi connectivity index (χ2v) is 4.53. The first-order valence-electron chi connectivity index (χ1n) is 6.18. The maximum atomic E-state index is 5.07. The molecule has 0 aliphatic heterocycles. The fourth-order valence-electron chi connectivity index (χ4n) is 1.62. The first-order valence-corrected chi connectivity index (χ1v) is 7.00. The third-order valence-electron chi connectivity index (χ3n) is 2.59. The summed E-state index contributed by atoms with van der Waals surface area (Å²) in [6.45, 7) is 8.15. The lowest BCUT2D eigenvalue weighted by molar-refractivity contribution is 0.338. The lowest BCUT2D eigenvalue weighted by Gasteiger charge is -1.96. The van der Waals surface area contributed by atoms with Crippen molar-refractivity contribution >= 4 is 22.6 Å². The zero-order chi connectivity index (χ0) is 13.9. The van der Waals surface area contributed by atoms with Gasteiger partial charge >= 0.3 is 0 Å². The van der Waals surface area contributed by atoms with Gasteiger partial charge in [-0.15, -0.1) is 0 Å². The third-order valence-corrected chi connectivity index (χ3v) is 2.88. The van der Waals surface area contributed by atoms with E-state index in [2.05, 4.69) is 25.3 Å². The van der Waals surface area contributed by atoms with E-state index in [4.69, 9.17) is 4.43 Å². The summed E-state index contributed by atoms with van der Waals surface area (Å²) in [5.41, 5.74) is 3.53. The molecule has 0 amide bonds. The molecule has 0 saturated carbocycles. The topological polar surface area (TPSA) is 9.23 Å². The van der Waals surface area contributed by atoms with Crippen LogP contribution in [0.2, 0.25) is 0 Å². The summed E-state index contributed by atoms with van der Waals surface area (Å²) >= 11 is 0. The molecule has 0 unspecified atom stereocenters. The highest BCUT2D eigenvalue weighted by atomic mass is 28.2. The molecular formula is C17H20OSi. The third kappa shape index (κ3) is 5.51. The van der Waals surface area contributed by atoms with Crippen LogP contribution in [0.15, 0.2) is 67.8 Å². The fourth-order valence-corrected chi connectivity index (χ4v) is 1.96. The van der Waals surface area contributed by atoms with E-state index in [9.17, 15) is 0 Å². The monoisotopic (exact) mass is 268 g/mol. The van der Waals surface area contributed by atoms with Gasteiger partial charge in [0.2, 0.25) is 0 Å². The first-order chi connectivity index (χ1) is 9.31. The van der Waals surface area contributed by atoms with Crippen LogP contribution in [0.4, 0.5) is 0 Å². The Morgan fingerprint density at radius 2 is 1.32 bits per heavy atom. The van der Waals surface area contributed by atoms with Crippen LogP contribution in [0.5, 0.6) is 0 Å². The molecule has 0 fully saturated rings. The highest BCUT2D eigenvalue weighted by Gasteiger charge is 1.89. The second-order valence-electron chi connectivity index (χ2n) is 3.96. The van der Waals surface area contributed by atoms with Crippen molar-refractivity contribution in [1.82, 2.24) is 0 Å². The van der Waals surface area contributed by atoms with Crippen molar-refractivity contribution in [2.45, 2.75) is 6.61 Å². The van der Waals surface area contributed by atoms with Crippen LogP contribution in [0, 0.1) is 0 Å². The normalized spacial score (nSPS) is 9.26. The van der Waals surface area contributed by atoms with Crippen molar-refractivity contribution in [2.24, 2.45) is 0 Å². The fraction of sp³-hybridized carbons (Fsp3) is 0.0588. The van der Waals surface area contributed by atoms with E-state index < -0.39 is 0 Å². The van der Waals surface area contributed by atoms with Gasteiger partial charge in [0.1, 0.15) is 10.5 Å². The van der Waals surface area contributed by atoms with Gasteiger partial charge in [-0.3, -0.25) is 0 Å². The van der Waals surface area contributed by atoms with E-state index in [1.807, 2.05) is 54.6 Å². The molecule has 19 heavy (non-hydrogen) atoms. The maximum Gasteiger partial charge on any atom is 0.146 e. The summed E-state index contributed by atoms with van der Waals surface area (Å²) in [5.74, 6) is 0. The molecule has 0 spiro atoms. The van der Waals surface area contributed by atoms with Crippen LogP contribution in [-0.2, 0) is 11.0 Å². The van der Waals surface area contributed by atoms with Crippen LogP contribution >= 0.6 is 0 Å². The predicted molar refractivity (Wildman–Crippen MR) is 87.8 cm³/mol. The van der Waals surface area contributed by atoms with Crippen LogP contribution in [0.1, 0.15) is 16.7 Å². The zero-order valence-corrected chi connectivity index (χ0v) is 13.4. The summed E-state index contributed by atoms with van der Waals surface area (Å²) in [4.78, 5) is 0. The Labute approximate surface area is 118 Å². The molecule has 1 nitrogen and oxygen atoms in total. The van der Waals surface area contributed by atoms with Crippen molar-refractivity contribution < 1.29 is 4.43 Å². The van der Waals surface area contributed by atoms with Crippen LogP contribution in [-0.4, -0.2) is 10.5 Å². The van der Waals surface area contributed by atoms with E-state index >= 15 is 0 Å². The van der Waals surface area contributed by atoms with Gasteiger partial charge in [0.15, 0.2) is 0 Å². The second kappa shape index (κ2) is 9.08. The summed E-state index contributed by atoms with van der Waals surface area (Å²) < 4.78 is 5.07. The Kier molecular flexibility index (Phi) is 7.25. The molecule has 0 bridgehead atoms. The molecule has 0 aliphatic carbocycles. The Balaban J connectivity index is 0.000000191. The van der Waals surface area contributed by atoms with E-state index in [-0.39, 0.29) is 0 Å². The van der Waals surface area contributed by atoms with E-state index in [1.165, 1.54) is 5.56 Å². The van der Waals surface area contributed by atoms with Crippen LogP contribution in [0.25, 0.3) is 12.2 Å². The van der Waals surface area contributed by atoms with E-state index in [0.29, 0.717) is 0 Å². The number of benzene rings is 2. The number of hydrogen-bond donors (Lipinski definition) is 0. The van der Waals surface area contributed by atoms with Gasteiger partial charge in [0.05, 0.1) is 6.61 Å². The Hall–Kier alpha value is -1.90. The van der Waals surface area contributed by atoms with Gasteiger partial charge in [-0.2, -0.15) is 0 Å². The molecule has 0 heterocycles. The SMILES string of the molecule is C=Cc1ccccc1C=C.[SiH3]OCc1ccccc1. The Bertz CT molecular complexity index is 479. The molecule has 2 aromatic carbocycles. The smallest absolute Gasteiger partial charge is 0.146 e. The summed E-state index contributed by atoms with van der Waals surface area (Å²) in [6.07, 6.45) is 3.66. The molecule has 2 aromatic rings. The number of rotatable bonds is 4. The first kappa shape index (κ1) is 15.2. The highest BCUT2D eigenvalue weighted by Crippen LogP contribution is 2.10. The largest absolute Gasteiger partial charge is 0.424 e. The van der Waals surface area contributed by atoms with Gasteiger partial charge in [0, 0.05) is 0 Å². The van der Waals surface area contributed by atoms with Crippen molar-refractivity contribution in [2.75, 3.05) is 0 Å². The standard InChI is InChI=1S/C10H10.C7H10OSi/c1-3-9-7-5-6-8-10(9)4-2;9-8-6-7-4-2-1-3-5-7/h3-8H,1-2H2;1-5H,6H2,9H3. The van der Waals surface area contributed by atoms with Crippen molar-refractivity contribution in [3.8, 4) is 0 Å². The Morgan fingerprint density at radius 3 is 1.74 bits per heavy atom. The molecule has 0 radical (unpaired) electrons. The lowest BCUT2D eigenvalue weighted by atomic mass is 10.1. The molecule has 0 N–H and O–H groups in total. The summed E-state index contributed by atoms with van der Waals surface area (Å²) in [6, 6.07) is 18.2. The maximum absolute atomic E-state index is 5.07. The van der Waals surface area contributed by atoms with Gasteiger partial charge < -0.3 is 4.43 Å². The minimum Gasteiger partial charge on any atom is -0.424 e. The molecule has 0 aliphatic rings. The summed E-state index contributed by atoms with van der Waals surface area (Å²) in [5, 5.41) is 0. The molecule has 0 saturated heterocycles. The average Bonchev–Trinajstić information content (AvgIpc) is 2.49. The summed E-state index contributed by atoms with van der Waals surface area (Å²) in [7, 11) is 0.824. The highest BCUT2D eigenvalue weighted by molar-refractivity contribution is 5.97. The average molecular weight is 268 g/mol. The van der Waals surface area contributed by atoms with Gasteiger partial charge in [-0.1, -0.05) is 79.9 Å². The minimum absolute atomic E-state index is 0.771. The van der Waals surface area contributed by atoms with Crippen LogP contribution < -0.4 is 0 Å². The zero-order valence-electron chi connectivity index (χ0n) is 11.4. The van der Waals surface area contributed by atoms with Crippen molar-refractivity contribution in [3.63, 3.8) is 0 Å². The quantitative estimate of drug-likeness (QED) is 0.772. The van der Waals surface area contributed by atoms with Crippen molar-refractivity contribution in [3.05, 3.63) is 84.4 Å². The van der Waals surface area contributed by atoms with Gasteiger partial charge in [-0.25, -0.2) is 0 Å². The molecular weight excluding hydrogens is 248 g/mol. The van der Waals surface area contributed by atoms with Gasteiger partial charge in [-0.05, 0) is 16.7 Å². The molecule has 0 aromatic heterocycles. The molecule has 2 rings (SSSR count). The lowest BCUT2D eigenvalue weighted by Crippen LogP contribution is -1.85. The molecule has 2 heteroatoms. The van der Waals surface area contributed by atoms with E-state index in [0.717, 1.165) is 28.2 Å². The van der Waals surface area contributed by atoms with E-state index in [1.54, 1.807) is 0 Å².